The van der Waals surface area contributed by atoms with Gasteiger partial charge in [0.05, 0.1) is 26.4 Å². The molecule has 0 aliphatic carbocycles. The molecule has 1 amide bonds. The molecule has 1 saturated heterocycles. The molecule has 2 atom stereocenters. The zero-order chi connectivity index (χ0) is 20.0. The van der Waals surface area contributed by atoms with Crippen molar-refractivity contribution < 1.29 is 18.7 Å². The van der Waals surface area contributed by atoms with Gasteiger partial charge in [-0.05, 0) is 54.2 Å². The van der Waals surface area contributed by atoms with E-state index in [9.17, 15) is 4.79 Å². The molecule has 1 fully saturated rings. The van der Waals surface area contributed by atoms with Gasteiger partial charge in [-0.3, -0.25) is 4.79 Å². The summed E-state index contributed by atoms with van der Waals surface area (Å²) in [6.45, 7) is 12.1. The minimum absolute atomic E-state index is 0.0285. The largest absolute Gasteiger partial charge is 0.493 e. The lowest BCUT2D eigenvalue weighted by Crippen LogP contribution is -2.54. The highest BCUT2D eigenvalue weighted by molar-refractivity contribution is 6.74. The number of hydrogen-bond donors (Lipinski definition) is 0. The summed E-state index contributed by atoms with van der Waals surface area (Å²) < 4.78 is 17.8. The number of hydrogen-bond acceptors (Lipinski definition) is 4. The van der Waals surface area contributed by atoms with Gasteiger partial charge in [0.25, 0.3) is 0 Å². The van der Waals surface area contributed by atoms with Crippen molar-refractivity contribution in [1.82, 2.24) is 4.90 Å². The fourth-order valence-corrected chi connectivity index (χ4v) is 5.26. The van der Waals surface area contributed by atoms with Crippen molar-refractivity contribution >= 4 is 14.2 Å². The highest BCUT2D eigenvalue weighted by Gasteiger charge is 2.46. The highest BCUT2D eigenvalue weighted by Crippen LogP contribution is 2.46. The van der Waals surface area contributed by atoms with Crippen molar-refractivity contribution in [2.75, 3.05) is 20.8 Å². The van der Waals surface area contributed by atoms with Gasteiger partial charge in [-0.25, -0.2) is 0 Å². The topological polar surface area (TPSA) is 48.0 Å². The Hall–Kier alpha value is -1.53. The Morgan fingerprint density at radius 1 is 1.07 bits per heavy atom. The lowest BCUT2D eigenvalue weighted by atomic mass is 9.84. The molecular formula is C21H33NO4Si. The molecule has 1 aromatic carbocycles. The molecule has 0 radical (unpaired) electrons. The van der Waals surface area contributed by atoms with E-state index >= 15 is 0 Å². The molecule has 2 heterocycles. The fraction of sp³-hybridized carbons (Fsp3) is 0.667. The van der Waals surface area contributed by atoms with Gasteiger partial charge in [0.15, 0.2) is 19.8 Å². The van der Waals surface area contributed by atoms with Crippen LogP contribution >= 0.6 is 0 Å². The van der Waals surface area contributed by atoms with E-state index in [2.05, 4.69) is 39.9 Å². The zero-order valence-corrected chi connectivity index (χ0v) is 18.7. The Kier molecular flexibility index (Phi) is 5.34. The first-order valence-electron chi connectivity index (χ1n) is 9.81. The lowest BCUT2D eigenvalue weighted by molar-refractivity contribution is -0.142. The number of carbonyl (C=O) groups is 1. The van der Waals surface area contributed by atoms with Crippen LogP contribution in [0.3, 0.4) is 0 Å². The van der Waals surface area contributed by atoms with Crippen LogP contribution < -0.4 is 9.47 Å². The lowest BCUT2D eigenvalue weighted by Gasteiger charge is -2.49. The van der Waals surface area contributed by atoms with Crippen LogP contribution in [0.1, 0.15) is 50.8 Å². The molecule has 6 heteroatoms. The van der Waals surface area contributed by atoms with Crippen molar-refractivity contribution in [3.8, 4) is 11.5 Å². The SMILES string of the molecule is COc1cc2c(cc1OC)[C@@H]1[C@@H](O[Si](C)(C)C(C)(C)C)CCC(=O)N1CC2. The predicted octanol–water partition coefficient (Wildman–Crippen LogP) is 4.31. The molecule has 5 nitrogen and oxygen atoms in total. The molecule has 1 aromatic rings. The number of amides is 1. The summed E-state index contributed by atoms with van der Waals surface area (Å²) in [5, 5.41) is 0.133. The molecule has 0 bridgehead atoms. The molecule has 0 saturated carbocycles. The van der Waals surface area contributed by atoms with Crippen LogP contribution in [0.4, 0.5) is 0 Å². The summed E-state index contributed by atoms with van der Waals surface area (Å²) in [7, 11) is 1.37. The van der Waals surface area contributed by atoms with Gasteiger partial charge in [0.1, 0.15) is 0 Å². The molecule has 0 spiro atoms. The van der Waals surface area contributed by atoms with E-state index in [1.54, 1.807) is 14.2 Å². The van der Waals surface area contributed by atoms with Crippen molar-refractivity contribution in [2.45, 2.75) is 70.3 Å². The van der Waals surface area contributed by atoms with E-state index < -0.39 is 8.32 Å². The predicted molar refractivity (Wildman–Crippen MR) is 109 cm³/mol. The van der Waals surface area contributed by atoms with Gasteiger partial charge >= 0.3 is 0 Å². The maximum atomic E-state index is 12.6. The van der Waals surface area contributed by atoms with Crippen LogP contribution in [-0.4, -0.2) is 46.0 Å². The molecule has 150 valence electrons. The Bertz CT molecular complexity index is 726. The maximum absolute atomic E-state index is 12.6. The van der Waals surface area contributed by atoms with Crippen molar-refractivity contribution in [3.05, 3.63) is 23.3 Å². The Morgan fingerprint density at radius 2 is 1.70 bits per heavy atom. The van der Waals surface area contributed by atoms with E-state index in [1.165, 1.54) is 5.56 Å². The Labute approximate surface area is 164 Å². The molecule has 0 unspecified atom stereocenters. The number of ether oxygens (including phenoxy) is 2. The van der Waals surface area contributed by atoms with Crippen LogP contribution in [0.15, 0.2) is 12.1 Å². The van der Waals surface area contributed by atoms with E-state index in [0.717, 1.165) is 30.7 Å². The summed E-state index contributed by atoms with van der Waals surface area (Å²) in [6, 6.07) is 4.07. The minimum Gasteiger partial charge on any atom is -0.493 e. The molecule has 0 aromatic heterocycles. The summed E-state index contributed by atoms with van der Waals surface area (Å²) in [5.74, 6) is 1.69. The zero-order valence-electron chi connectivity index (χ0n) is 17.7. The maximum Gasteiger partial charge on any atom is 0.223 e. The molecule has 3 rings (SSSR count). The van der Waals surface area contributed by atoms with Crippen molar-refractivity contribution in [3.63, 3.8) is 0 Å². The van der Waals surface area contributed by atoms with Crippen LogP contribution in [0, 0.1) is 0 Å². The van der Waals surface area contributed by atoms with E-state index in [4.69, 9.17) is 13.9 Å². The molecule has 2 aliphatic rings. The van der Waals surface area contributed by atoms with Crippen molar-refractivity contribution in [1.29, 1.82) is 0 Å². The Morgan fingerprint density at radius 3 is 2.30 bits per heavy atom. The van der Waals surface area contributed by atoms with Crippen molar-refractivity contribution in [2.24, 2.45) is 0 Å². The molecular weight excluding hydrogens is 358 g/mol. The number of benzene rings is 1. The summed E-state index contributed by atoms with van der Waals surface area (Å²) in [6.07, 6.45) is 2.21. The third-order valence-corrected chi connectivity index (χ3v) is 11.0. The Balaban J connectivity index is 2.03. The van der Waals surface area contributed by atoms with Gasteiger partial charge in [0, 0.05) is 13.0 Å². The average Bonchev–Trinajstić information content (AvgIpc) is 2.61. The van der Waals surface area contributed by atoms with Gasteiger partial charge in [-0.15, -0.1) is 0 Å². The summed E-state index contributed by atoms with van der Waals surface area (Å²) in [4.78, 5) is 14.7. The van der Waals surface area contributed by atoms with Crippen LogP contribution in [0.5, 0.6) is 11.5 Å². The monoisotopic (exact) mass is 391 g/mol. The highest BCUT2D eigenvalue weighted by atomic mass is 28.4. The van der Waals surface area contributed by atoms with Crippen LogP contribution in [0.2, 0.25) is 18.1 Å². The smallest absolute Gasteiger partial charge is 0.223 e. The van der Waals surface area contributed by atoms with Gasteiger partial charge in [-0.2, -0.15) is 0 Å². The first-order valence-corrected chi connectivity index (χ1v) is 12.7. The van der Waals surface area contributed by atoms with Crippen LogP contribution in [-0.2, 0) is 15.6 Å². The first kappa shape index (κ1) is 20.2. The fourth-order valence-electron chi connectivity index (χ4n) is 3.90. The van der Waals surface area contributed by atoms with E-state index in [1.807, 2.05) is 11.0 Å². The van der Waals surface area contributed by atoms with Gasteiger partial charge in [0.2, 0.25) is 5.91 Å². The molecule has 0 N–H and O–H groups in total. The number of piperidine rings is 1. The third kappa shape index (κ3) is 3.61. The summed E-state index contributed by atoms with van der Waals surface area (Å²) >= 11 is 0. The number of carbonyl (C=O) groups excluding carboxylic acids is 1. The van der Waals surface area contributed by atoms with Gasteiger partial charge < -0.3 is 18.8 Å². The normalized spacial score (nSPS) is 22.9. The third-order valence-electron chi connectivity index (χ3n) is 6.49. The van der Waals surface area contributed by atoms with Crippen LogP contribution in [0.25, 0.3) is 0 Å². The minimum atomic E-state index is -1.95. The first-order chi connectivity index (χ1) is 12.6. The number of methoxy groups -OCH3 is 2. The second kappa shape index (κ2) is 7.13. The quantitative estimate of drug-likeness (QED) is 0.718. The number of fused-ring (bicyclic) bond motifs is 3. The number of nitrogens with zero attached hydrogens (tertiary/aromatic N) is 1. The molecule has 2 aliphatic heterocycles. The van der Waals surface area contributed by atoms with E-state index in [-0.39, 0.29) is 23.1 Å². The van der Waals surface area contributed by atoms with E-state index in [0.29, 0.717) is 12.2 Å². The second-order valence-electron chi connectivity index (χ2n) is 9.14. The average molecular weight is 392 g/mol. The summed E-state index contributed by atoms with van der Waals surface area (Å²) in [5.41, 5.74) is 2.38. The second-order valence-corrected chi connectivity index (χ2v) is 13.9. The van der Waals surface area contributed by atoms with Gasteiger partial charge in [-0.1, -0.05) is 20.8 Å². The number of rotatable bonds is 4. The standard InChI is InChI=1S/C21H33NO4Si/c1-21(2,3)27(6,7)26-16-8-9-19(23)22-11-10-14-12-17(24-4)18(25-5)13-15(14)20(16)22/h12-13,16,20H,8-11H2,1-7H3/t16-,20+/m0/s1. The molecule has 27 heavy (non-hydrogen) atoms.